The van der Waals surface area contributed by atoms with Crippen molar-refractivity contribution in [3.8, 4) is 0 Å². The van der Waals surface area contributed by atoms with E-state index in [1.165, 1.54) is 31.4 Å². The molecule has 0 radical (unpaired) electrons. The Morgan fingerprint density at radius 1 is 1.35 bits per heavy atom. The fraction of sp³-hybridized carbons (Fsp3) is 0.706. The third kappa shape index (κ3) is 4.03. The molecular formula is C17H29N3. The van der Waals surface area contributed by atoms with Crippen LogP contribution in [0.3, 0.4) is 0 Å². The zero-order valence-electron chi connectivity index (χ0n) is 13.4. The first-order valence-corrected chi connectivity index (χ1v) is 7.94. The van der Waals surface area contributed by atoms with E-state index >= 15 is 0 Å². The van der Waals surface area contributed by atoms with Crippen LogP contribution in [-0.4, -0.2) is 36.1 Å². The fourth-order valence-electron chi connectivity index (χ4n) is 3.21. The van der Waals surface area contributed by atoms with Crippen LogP contribution in [0.15, 0.2) is 18.3 Å². The van der Waals surface area contributed by atoms with Crippen molar-refractivity contribution in [2.75, 3.05) is 20.1 Å². The molecule has 0 spiro atoms. The van der Waals surface area contributed by atoms with Gasteiger partial charge < -0.3 is 5.32 Å². The predicted molar refractivity (Wildman–Crippen MR) is 84.8 cm³/mol. The second kappa shape index (κ2) is 7.19. The number of likely N-dealkylation sites (tertiary alicyclic amines) is 1. The molecule has 1 aliphatic heterocycles. The number of pyridine rings is 1. The van der Waals surface area contributed by atoms with Crippen molar-refractivity contribution in [3.05, 3.63) is 29.6 Å². The van der Waals surface area contributed by atoms with E-state index in [-0.39, 0.29) is 0 Å². The first-order chi connectivity index (χ1) is 9.58. The first-order valence-electron chi connectivity index (χ1n) is 7.94. The summed E-state index contributed by atoms with van der Waals surface area (Å²) >= 11 is 0. The van der Waals surface area contributed by atoms with Crippen molar-refractivity contribution in [1.82, 2.24) is 15.2 Å². The smallest absolute Gasteiger partial charge is 0.0400 e. The van der Waals surface area contributed by atoms with Crippen molar-refractivity contribution in [3.63, 3.8) is 0 Å². The summed E-state index contributed by atoms with van der Waals surface area (Å²) in [5.41, 5.74) is 2.47. The van der Waals surface area contributed by atoms with Gasteiger partial charge in [-0.1, -0.05) is 26.3 Å². The second-order valence-electron chi connectivity index (χ2n) is 6.48. The molecule has 0 amide bonds. The monoisotopic (exact) mass is 275 g/mol. The molecule has 2 unspecified atom stereocenters. The lowest BCUT2D eigenvalue weighted by atomic mass is 9.89. The van der Waals surface area contributed by atoms with E-state index in [1.54, 1.807) is 0 Å². The highest BCUT2D eigenvalue weighted by Gasteiger charge is 2.29. The summed E-state index contributed by atoms with van der Waals surface area (Å²) in [5, 5.41) is 3.63. The molecule has 0 aromatic carbocycles. The fourth-order valence-corrected chi connectivity index (χ4v) is 3.21. The molecule has 2 heterocycles. The van der Waals surface area contributed by atoms with Gasteiger partial charge in [-0.2, -0.15) is 0 Å². The largest absolute Gasteiger partial charge is 0.314 e. The van der Waals surface area contributed by atoms with Gasteiger partial charge in [0.1, 0.15) is 0 Å². The third-order valence-electron chi connectivity index (χ3n) is 4.32. The zero-order valence-corrected chi connectivity index (χ0v) is 13.4. The minimum atomic E-state index is 0.497. The molecule has 2 atom stereocenters. The number of nitrogens with one attached hydrogen (secondary N) is 1. The molecule has 1 aliphatic rings. The summed E-state index contributed by atoms with van der Waals surface area (Å²) in [5.74, 6) is 0.675. The number of rotatable bonds is 4. The molecule has 1 fully saturated rings. The molecule has 3 nitrogen and oxygen atoms in total. The van der Waals surface area contributed by atoms with Crippen molar-refractivity contribution in [2.24, 2.45) is 5.92 Å². The lowest BCUT2D eigenvalue weighted by Gasteiger charge is -2.33. The topological polar surface area (TPSA) is 28.2 Å². The van der Waals surface area contributed by atoms with Gasteiger partial charge in [-0.3, -0.25) is 9.88 Å². The Morgan fingerprint density at radius 3 is 2.80 bits per heavy atom. The first kappa shape index (κ1) is 15.5. The molecule has 0 saturated carbocycles. The molecule has 20 heavy (non-hydrogen) atoms. The Kier molecular flexibility index (Phi) is 5.55. The van der Waals surface area contributed by atoms with E-state index in [0.29, 0.717) is 18.0 Å². The average molecular weight is 275 g/mol. The van der Waals surface area contributed by atoms with Crippen LogP contribution in [-0.2, 0) is 0 Å². The van der Waals surface area contributed by atoms with Gasteiger partial charge in [0.05, 0.1) is 0 Å². The summed E-state index contributed by atoms with van der Waals surface area (Å²) in [6.45, 7) is 8.79. The van der Waals surface area contributed by atoms with Gasteiger partial charge in [-0.15, -0.1) is 0 Å². The van der Waals surface area contributed by atoms with E-state index in [9.17, 15) is 0 Å². The van der Waals surface area contributed by atoms with Gasteiger partial charge in [0, 0.05) is 30.5 Å². The van der Waals surface area contributed by atoms with Crippen LogP contribution >= 0.6 is 0 Å². The minimum absolute atomic E-state index is 0.497. The van der Waals surface area contributed by atoms with Crippen LogP contribution in [0.1, 0.15) is 50.4 Å². The SMILES string of the molecule is Cc1ccc(C2C(CNC(C)C)CCCCN2C)cn1. The number of hydrogen-bond acceptors (Lipinski definition) is 3. The Hall–Kier alpha value is -0.930. The third-order valence-corrected chi connectivity index (χ3v) is 4.32. The Balaban J connectivity index is 2.18. The maximum absolute atomic E-state index is 4.50. The van der Waals surface area contributed by atoms with E-state index < -0.39 is 0 Å². The standard InChI is InChI=1S/C17H29N3/c1-13(2)18-11-15-7-5-6-10-20(4)17(15)16-9-8-14(3)19-12-16/h8-9,12-13,15,17-18H,5-7,10-11H2,1-4H3. The van der Waals surface area contributed by atoms with Crippen molar-refractivity contribution in [2.45, 2.75) is 52.1 Å². The average Bonchev–Trinajstić information content (AvgIpc) is 2.59. The van der Waals surface area contributed by atoms with E-state index in [2.05, 4.69) is 61.3 Å². The van der Waals surface area contributed by atoms with Gasteiger partial charge in [0.25, 0.3) is 0 Å². The van der Waals surface area contributed by atoms with E-state index in [4.69, 9.17) is 0 Å². The summed E-state index contributed by atoms with van der Waals surface area (Å²) < 4.78 is 0. The van der Waals surface area contributed by atoms with Crippen molar-refractivity contribution < 1.29 is 0 Å². The minimum Gasteiger partial charge on any atom is -0.314 e. The van der Waals surface area contributed by atoms with E-state index in [1.807, 2.05) is 0 Å². The highest BCUT2D eigenvalue weighted by Crippen LogP contribution is 2.33. The molecule has 3 heteroatoms. The molecule has 0 aliphatic carbocycles. The summed E-state index contributed by atoms with van der Waals surface area (Å²) in [7, 11) is 2.26. The quantitative estimate of drug-likeness (QED) is 0.915. The van der Waals surface area contributed by atoms with Gasteiger partial charge in [0.2, 0.25) is 0 Å². The van der Waals surface area contributed by atoms with Crippen molar-refractivity contribution in [1.29, 1.82) is 0 Å². The van der Waals surface area contributed by atoms with Gasteiger partial charge >= 0.3 is 0 Å². The molecular weight excluding hydrogens is 246 g/mol. The molecule has 0 bridgehead atoms. The molecule has 1 aromatic heterocycles. The van der Waals surface area contributed by atoms with Crippen molar-refractivity contribution >= 4 is 0 Å². The highest BCUT2D eigenvalue weighted by atomic mass is 15.1. The maximum Gasteiger partial charge on any atom is 0.0400 e. The summed E-state index contributed by atoms with van der Waals surface area (Å²) in [6, 6.07) is 5.45. The number of nitrogens with zero attached hydrogens (tertiary/aromatic N) is 2. The zero-order chi connectivity index (χ0) is 14.5. The molecule has 1 saturated heterocycles. The second-order valence-corrected chi connectivity index (χ2v) is 6.48. The summed E-state index contributed by atoms with van der Waals surface area (Å²) in [4.78, 5) is 7.02. The van der Waals surface area contributed by atoms with Gasteiger partial charge in [0.15, 0.2) is 0 Å². The van der Waals surface area contributed by atoms with Crippen LogP contribution in [0.25, 0.3) is 0 Å². The number of hydrogen-bond donors (Lipinski definition) is 1. The normalized spacial score (nSPS) is 24.9. The van der Waals surface area contributed by atoms with Gasteiger partial charge in [-0.25, -0.2) is 0 Å². The molecule has 2 rings (SSSR count). The molecule has 1 aromatic rings. The van der Waals surface area contributed by atoms with Crippen LogP contribution in [0.2, 0.25) is 0 Å². The van der Waals surface area contributed by atoms with Crippen LogP contribution < -0.4 is 5.32 Å². The van der Waals surface area contributed by atoms with Crippen LogP contribution in [0.4, 0.5) is 0 Å². The Labute approximate surface area is 123 Å². The maximum atomic E-state index is 4.50. The molecule has 112 valence electrons. The predicted octanol–water partition coefficient (Wildman–Crippen LogP) is 3.16. The van der Waals surface area contributed by atoms with Crippen LogP contribution in [0, 0.1) is 12.8 Å². The number of aromatic nitrogens is 1. The lowest BCUT2D eigenvalue weighted by Crippen LogP contribution is -2.37. The Morgan fingerprint density at radius 2 is 2.15 bits per heavy atom. The van der Waals surface area contributed by atoms with Crippen LogP contribution in [0.5, 0.6) is 0 Å². The highest BCUT2D eigenvalue weighted by molar-refractivity contribution is 5.18. The lowest BCUT2D eigenvalue weighted by molar-refractivity contribution is 0.186. The Bertz CT molecular complexity index is 399. The van der Waals surface area contributed by atoms with E-state index in [0.717, 1.165) is 12.2 Å². The summed E-state index contributed by atoms with van der Waals surface area (Å²) in [6.07, 6.45) is 6.03. The molecule has 1 N–H and O–H groups in total. The number of aryl methyl sites for hydroxylation is 1. The van der Waals surface area contributed by atoms with Gasteiger partial charge in [-0.05, 0) is 50.9 Å².